The zero-order valence-electron chi connectivity index (χ0n) is 24.9. The van der Waals surface area contributed by atoms with Crippen molar-refractivity contribution in [2.45, 2.75) is 63.1 Å². The standard InChI is InChI=1S/C29H36ClN5O5SSi/c1-18-26-27(30)21-14-19(38-5)12-13-22(21)31-28(26)34(32-18)25-16-33(41-24-11-9-8-10-23(24)35(36)37)15-20(40-25)17-39-42(6,7)29(2,3)4/h8-14,20,25H,15-17H2,1-7H3/t20-,25+/m0/s1. The third-order valence-electron chi connectivity index (χ3n) is 8.06. The smallest absolute Gasteiger partial charge is 0.284 e. The molecule has 0 unspecified atom stereocenters. The van der Waals surface area contributed by atoms with E-state index in [0.29, 0.717) is 46.5 Å². The summed E-state index contributed by atoms with van der Waals surface area (Å²) in [5.41, 5.74) is 2.12. The van der Waals surface area contributed by atoms with Gasteiger partial charge in [-0.05, 0) is 61.3 Å². The van der Waals surface area contributed by atoms with E-state index in [2.05, 4.69) is 38.2 Å². The number of halogens is 1. The third kappa shape index (κ3) is 6.01. The molecule has 1 aliphatic rings. The first kappa shape index (κ1) is 30.7. The summed E-state index contributed by atoms with van der Waals surface area (Å²) in [6.07, 6.45) is -0.828. The summed E-state index contributed by atoms with van der Waals surface area (Å²) in [7, 11) is -0.438. The first-order valence-electron chi connectivity index (χ1n) is 13.8. The Balaban J connectivity index is 1.53. The van der Waals surface area contributed by atoms with Gasteiger partial charge in [-0.1, -0.05) is 44.5 Å². The van der Waals surface area contributed by atoms with Crippen molar-refractivity contribution >= 4 is 59.5 Å². The summed E-state index contributed by atoms with van der Waals surface area (Å²) in [5.74, 6) is 0.693. The predicted molar refractivity (Wildman–Crippen MR) is 169 cm³/mol. The molecule has 0 amide bonds. The molecule has 0 radical (unpaired) electrons. The van der Waals surface area contributed by atoms with Crippen LogP contribution in [0.2, 0.25) is 23.2 Å². The van der Waals surface area contributed by atoms with E-state index in [1.807, 2.05) is 31.2 Å². The molecule has 0 saturated carbocycles. The second-order valence-electron chi connectivity index (χ2n) is 12.0. The fourth-order valence-corrected chi connectivity index (χ4v) is 7.20. The van der Waals surface area contributed by atoms with Crippen molar-refractivity contribution < 1.29 is 18.8 Å². The monoisotopic (exact) mass is 629 g/mol. The molecule has 0 aliphatic carbocycles. The van der Waals surface area contributed by atoms with Gasteiger partial charge in [-0.25, -0.2) is 14.0 Å². The number of hydrogen-bond donors (Lipinski definition) is 0. The number of pyridine rings is 1. The molecule has 1 aliphatic heterocycles. The van der Waals surface area contributed by atoms with Crippen molar-refractivity contribution in [3.8, 4) is 5.75 Å². The first-order valence-corrected chi connectivity index (χ1v) is 17.8. The zero-order valence-corrected chi connectivity index (χ0v) is 27.5. The molecule has 5 rings (SSSR count). The average molecular weight is 630 g/mol. The number of nitrogens with zero attached hydrogens (tertiary/aromatic N) is 5. The molecule has 2 atom stereocenters. The highest BCUT2D eigenvalue weighted by molar-refractivity contribution is 7.97. The van der Waals surface area contributed by atoms with E-state index in [4.69, 9.17) is 35.6 Å². The van der Waals surface area contributed by atoms with Gasteiger partial charge in [-0.3, -0.25) is 10.1 Å². The molecule has 13 heteroatoms. The van der Waals surface area contributed by atoms with E-state index >= 15 is 0 Å². The summed E-state index contributed by atoms with van der Waals surface area (Å²) in [6.45, 7) is 14.3. The van der Waals surface area contributed by atoms with Gasteiger partial charge in [0.05, 0.1) is 52.9 Å². The van der Waals surface area contributed by atoms with Gasteiger partial charge >= 0.3 is 0 Å². The van der Waals surface area contributed by atoms with Crippen molar-refractivity contribution in [3.05, 3.63) is 63.3 Å². The number of morpholine rings is 1. The molecule has 0 N–H and O–H groups in total. The minimum atomic E-state index is -2.05. The molecule has 10 nitrogen and oxygen atoms in total. The van der Waals surface area contributed by atoms with E-state index in [-0.39, 0.29) is 21.8 Å². The second-order valence-corrected chi connectivity index (χ2v) is 18.3. The lowest BCUT2D eigenvalue weighted by molar-refractivity contribution is -0.387. The number of aromatic nitrogens is 3. The number of aryl methyl sites for hydroxylation is 1. The van der Waals surface area contributed by atoms with Gasteiger partial charge in [0.15, 0.2) is 20.2 Å². The summed E-state index contributed by atoms with van der Waals surface area (Å²) in [6, 6.07) is 12.4. The van der Waals surface area contributed by atoms with Crippen molar-refractivity contribution in [1.29, 1.82) is 0 Å². The number of nitro benzene ring substituents is 1. The van der Waals surface area contributed by atoms with Crippen LogP contribution in [-0.2, 0) is 9.16 Å². The second kappa shape index (κ2) is 11.7. The molecular formula is C29H36ClN5O5SSi. The number of hydrogen-bond acceptors (Lipinski definition) is 9. The molecule has 0 bridgehead atoms. The minimum absolute atomic E-state index is 0.0415. The van der Waals surface area contributed by atoms with Crippen LogP contribution in [0.25, 0.3) is 21.9 Å². The highest BCUT2D eigenvalue weighted by Crippen LogP contribution is 2.40. The fraction of sp³-hybridized carbons (Fsp3) is 0.448. The van der Waals surface area contributed by atoms with E-state index in [9.17, 15) is 10.1 Å². The van der Waals surface area contributed by atoms with Crippen molar-refractivity contribution in [2.24, 2.45) is 0 Å². The van der Waals surface area contributed by atoms with E-state index in [1.165, 1.54) is 18.0 Å². The molecule has 2 aromatic heterocycles. The predicted octanol–water partition coefficient (Wildman–Crippen LogP) is 7.39. The normalized spacial score (nSPS) is 18.6. The molecule has 1 saturated heterocycles. The Labute approximate surface area is 255 Å². The van der Waals surface area contributed by atoms with Crippen LogP contribution in [0.5, 0.6) is 5.75 Å². The highest BCUT2D eigenvalue weighted by Gasteiger charge is 2.39. The Morgan fingerprint density at radius 3 is 2.64 bits per heavy atom. The number of methoxy groups -OCH3 is 1. The molecule has 1 fully saturated rings. The van der Waals surface area contributed by atoms with Gasteiger partial charge in [-0.2, -0.15) is 5.10 Å². The molecule has 3 heterocycles. The Kier molecular flexibility index (Phi) is 8.58. The lowest BCUT2D eigenvalue weighted by Crippen LogP contribution is -2.48. The van der Waals surface area contributed by atoms with Crippen LogP contribution >= 0.6 is 23.5 Å². The van der Waals surface area contributed by atoms with Crippen LogP contribution in [0.4, 0.5) is 5.69 Å². The Hall–Kier alpha value is -2.74. The summed E-state index contributed by atoms with van der Waals surface area (Å²) in [5, 5.41) is 18.7. The van der Waals surface area contributed by atoms with Crippen LogP contribution in [-0.4, -0.2) is 65.2 Å². The van der Waals surface area contributed by atoms with E-state index < -0.39 is 14.5 Å². The first-order chi connectivity index (χ1) is 19.8. The number of ether oxygens (including phenoxy) is 2. The number of rotatable bonds is 8. The number of para-hydroxylation sites is 1. The largest absolute Gasteiger partial charge is 0.497 e. The Morgan fingerprint density at radius 2 is 1.95 bits per heavy atom. The van der Waals surface area contributed by atoms with Gasteiger partial charge < -0.3 is 13.9 Å². The van der Waals surface area contributed by atoms with Crippen LogP contribution in [0.3, 0.4) is 0 Å². The minimum Gasteiger partial charge on any atom is -0.497 e. The quantitative estimate of drug-likeness (QED) is 0.0853. The zero-order chi connectivity index (χ0) is 30.4. The van der Waals surface area contributed by atoms with Gasteiger partial charge in [0.2, 0.25) is 0 Å². The van der Waals surface area contributed by atoms with Gasteiger partial charge in [0, 0.05) is 18.0 Å². The molecule has 0 spiro atoms. The van der Waals surface area contributed by atoms with E-state index in [1.54, 1.807) is 23.9 Å². The maximum atomic E-state index is 11.7. The van der Waals surface area contributed by atoms with Crippen LogP contribution in [0.1, 0.15) is 32.7 Å². The van der Waals surface area contributed by atoms with Crippen LogP contribution in [0.15, 0.2) is 47.4 Å². The summed E-state index contributed by atoms with van der Waals surface area (Å²) in [4.78, 5) is 16.9. The van der Waals surface area contributed by atoms with Gasteiger partial charge in [-0.15, -0.1) is 0 Å². The Bertz CT molecular complexity index is 1640. The SMILES string of the molecule is COc1ccc2nc3c(c(C)nn3[C@H]3CN(Sc4ccccc4[N+](=O)[O-])C[C@@H](CO[Si](C)(C)C(C)(C)C)O3)c(Cl)c2c1. The highest BCUT2D eigenvalue weighted by atomic mass is 35.5. The summed E-state index contributed by atoms with van der Waals surface area (Å²) < 4.78 is 22.5. The number of nitro groups is 1. The van der Waals surface area contributed by atoms with E-state index in [0.717, 1.165) is 16.5 Å². The van der Waals surface area contributed by atoms with Crippen LogP contribution in [0, 0.1) is 17.0 Å². The van der Waals surface area contributed by atoms with Gasteiger partial charge in [0.25, 0.3) is 5.69 Å². The number of benzene rings is 2. The Morgan fingerprint density at radius 1 is 1.21 bits per heavy atom. The molecule has 2 aromatic carbocycles. The van der Waals surface area contributed by atoms with Gasteiger partial charge in [0.1, 0.15) is 10.6 Å². The van der Waals surface area contributed by atoms with Crippen molar-refractivity contribution in [3.63, 3.8) is 0 Å². The van der Waals surface area contributed by atoms with Crippen LogP contribution < -0.4 is 4.74 Å². The maximum Gasteiger partial charge on any atom is 0.284 e. The molecular weight excluding hydrogens is 594 g/mol. The molecule has 224 valence electrons. The average Bonchev–Trinajstić information content (AvgIpc) is 3.27. The number of fused-ring (bicyclic) bond motifs is 2. The fourth-order valence-electron chi connectivity index (χ4n) is 4.69. The maximum absolute atomic E-state index is 11.7. The molecule has 4 aromatic rings. The lowest BCUT2D eigenvalue weighted by Gasteiger charge is -2.40. The molecule has 42 heavy (non-hydrogen) atoms. The topological polar surface area (TPSA) is 105 Å². The van der Waals surface area contributed by atoms with Crippen molar-refractivity contribution in [1.82, 2.24) is 19.1 Å². The summed E-state index contributed by atoms with van der Waals surface area (Å²) >= 11 is 8.28. The lowest BCUT2D eigenvalue weighted by atomic mass is 10.1. The van der Waals surface area contributed by atoms with Crippen molar-refractivity contribution in [2.75, 3.05) is 26.8 Å². The third-order valence-corrected chi connectivity index (χ3v) is 14.1.